The first-order chi connectivity index (χ1) is 15.6. The first kappa shape index (κ1) is 23.9. The number of nitrogens with one attached hydrogen (secondary N) is 2. The lowest BCUT2D eigenvalue weighted by molar-refractivity contribution is -0.140. The molecule has 174 valence electrons. The molecule has 7 nitrogen and oxygen atoms in total. The number of aryl methyl sites for hydroxylation is 1. The predicted molar refractivity (Wildman–Crippen MR) is 140 cm³/mol. The number of aliphatic imine (C=N–C) groups is 1. The second-order valence-corrected chi connectivity index (χ2v) is 9.66. The number of hydrogen-bond donors (Lipinski definition) is 2. The number of imide groups is 1. The molecular formula is C24H28IN5O2S. The van der Waals surface area contributed by atoms with Crippen LogP contribution < -0.4 is 10.6 Å². The lowest BCUT2D eigenvalue weighted by atomic mass is 9.85. The van der Waals surface area contributed by atoms with E-state index in [0.717, 1.165) is 27.6 Å². The van der Waals surface area contributed by atoms with Crippen molar-refractivity contribution in [2.75, 3.05) is 20.1 Å². The van der Waals surface area contributed by atoms with E-state index in [9.17, 15) is 9.59 Å². The van der Waals surface area contributed by atoms with E-state index in [1.165, 1.54) is 4.90 Å². The number of guanidine groups is 1. The third-order valence-corrected chi connectivity index (χ3v) is 7.95. The molecule has 2 N–H and O–H groups in total. The van der Waals surface area contributed by atoms with Crippen LogP contribution in [0.1, 0.15) is 17.0 Å². The maximum Gasteiger partial charge on any atom is 0.233 e. The van der Waals surface area contributed by atoms with Gasteiger partial charge in [-0.3, -0.25) is 19.5 Å². The van der Waals surface area contributed by atoms with Gasteiger partial charge in [-0.15, -0.1) is 35.3 Å². The van der Waals surface area contributed by atoms with Gasteiger partial charge in [-0.2, -0.15) is 0 Å². The number of carbonyl (C=O) groups is 2. The second-order valence-electron chi connectivity index (χ2n) is 8.57. The summed E-state index contributed by atoms with van der Waals surface area (Å²) in [5.41, 5.74) is 2.11. The minimum Gasteiger partial charge on any atom is -0.355 e. The number of thiazole rings is 1. The van der Waals surface area contributed by atoms with Crippen molar-refractivity contribution in [3.63, 3.8) is 0 Å². The van der Waals surface area contributed by atoms with Crippen molar-refractivity contribution in [1.82, 2.24) is 20.5 Å². The van der Waals surface area contributed by atoms with Crippen molar-refractivity contribution >= 4 is 53.1 Å². The largest absolute Gasteiger partial charge is 0.355 e. The third kappa shape index (κ3) is 4.44. The minimum absolute atomic E-state index is 0. The van der Waals surface area contributed by atoms with E-state index in [-0.39, 0.29) is 59.5 Å². The molecule has 1 aliphatic heterocycles. The van der Waals surface area contributed by atoms with Crippen LogP contribution in [0.5, 0.6) is 0 Å². The Labute approximate surface area is 214 Å². The number of halogens is 1. The number of nitrogens with zero attached hydrogens (tertiary/aromatic N) is 3. The van der Waals surface area contributed by atoms with Crippen molar-refractivity contribution in [2.45, 2.75) is 19.9 Å². The highest BCUT2D eigenvalue weighted by atomic mass is 127. The first-order valence-corrected chi connectivity index (χ1v) is 11.9. The lowest BCUT2D eigenvalue weighted by Crippen LogP contribution is -2.43. The van der Waals surface area contributed by atoms with Crippen LogP contribution in [0.3, 0.4) is 0 Å². The van der Waals surface area contributed by atoms with Crippen LogP contribution in [-0.2, 0) is 16.1 Å². The molecule has 1 aromatic heterocycles. The summed E-state index contributed by atoms with van der Waals surface area (Å²) in [6.45, 7) is 3.45. The zero-order valence-corrected chi connectivity index (χ0v) is 21.8. The average molecular weight is 577 g/mol. The SMILES string of the molecule is CN=C(NCCN1C(=O)C2C3C=CC(C3)C2C1=O)NCc1sc(-c2ccccc2)nc1C.I. The molecule has 3 aliphatic rings. The number of rotatable bonds is 6. The van der Waals surface area contributed by atoms with Crippen molar-refractivity contribution in [1.29, 1.82) is 0 Å². The average Bonchev–Trinajstić information content (AvgIpc) is 3.57. The number of fused-ring (bicyclic) bond motifs is 5. The topological polar surface area (TPSA) is 86.7 Å². The van der Waals surface area contributed by atoms with Gasteiger partial charge in [-0.1, -0.05) is 42.5 Å². The molecule has 2 bridgehead atoms. The van der Waals surface area contributed by atoms with Gasteiger partial charge in [-0.25, -0.2) is 4.98 Å². The number of amides is 2. The lowest BCUT2D eigenvalue weighted by Gasteiger charge is -2.18. The highest BCUT2D eigenvalue weighted by molar-refractivity contribution is 14.0. The van der Waals surface area contributed by atoms with Gasteiger partial charge in [0.2, 0.25) is 11.8 Å². The maximum atomic E-state index is 12.8. The Bertz CT molecular complexity index is 1070. The van der Waals surface area contributed by atoms with Crippen LogP contribution >= 0.6 is 35.3 Å². The van der Waals surface area contributed by atoms with Gasteiger partial charge in [0.15, 0.2) is 5.96 Å². The Kier molecular flexibility index (Phi) is 7.18. The Balaban J connectivity index is 0.00000259. The molecule has 1 saturated heterocycles. The second kappa shape index (κ2) is 9.92. The van der Waals surface area contributed by atoms with Crippen molar-refractivity contribution < 1.29 is 9.59 Å². The van der Waals surface area contributed by atoms with Gasteiger partial charge >= 0.3 is 0 Å². The molecule has 5 rings (SSSR count). The van der Waals surface area contributed by atoms with E-state index in [0.29, 0.717) is 25.6 Å². The summed E-state index contributed by atoms with van der Waals surface area (Å²) in [7, 11) is 1.71. The molecule has 1 saturated carbocycles. The molecular weight excluding hydrogens is 549 g/mol. The fourth-order valence-electron chi connectivity index (χ4n) is 5.15. The van der Waals surface area contributed by atoms with Crippen molar-refractivity contribution in [2.24, 2.45) is 28.7 Å². The normalized spacial score (nSPS) is 25.4. The number of likely N-dealkylation sites (tertiary alicyclic amines) is 1. The highest BCUT2D eigenvalue weighted by Gasteiger charge is 2.58. The predicted octanol–water partition coefficient (Wildman–Crippen LogP) is 3.21. The standard InChI is InChI=1S/C24H27N5O2S.HI/c1-14-18(32-21(28-14)15-6-4-3-5-7-15)13-27-24(25-2)26-10-11-29-22(30)19-16-8-9-17(12-16)20(19)23(29)31;/h3-9,16-17,19-20H,10-13H2,1-2H3,(H2,25,26,27);1H. The number of carbonyl (C=O) groups excluding carboxylic acids is 2. The van der Waals surface area contributed by atoms with E-state index in [4.69, 9.17) is 4.98 Å². The molecule has 2 aromatic rings. The number of benzene rings is 1. The summed E-state index contributed by atoms with van der Waals surface area (Å²) in [5, 5.41) is 7.55. The van der Waals surface area contributed by atoms with Crippen LogP contribution in [0, 0.1) is 30.6 Å². The van der Waals surface area contributed by atoms with E-state index in [1.807, 2.05) is 25.1 Å². The molecule has 1 aromatic carbocycles. The Morgan fingerprint density at radius 3 is 2.42 bits per heavy atom. The molecule has 4 unspecified atom stereocenters. The molecule has 4 atom stereocenters. The molecule has 2 amide bonds. The molecule has 0 spiro atoms. The smallest absolute Gasteiger partial charge is 0.233 e. The monoisotopic (exact) mass is 577 g/mol. The van der Waals surface area contributed by atoms with Crippen LogP contribution in [0.4, 0.5) is 0 Å². The summed E-state index contributed by atoms with van der Waals surface area (Å²) in [6.07, 6.45) is 5.20. The third-order valence-electron chi connectivity index (χ3n) is 6.74. The maximum absolute atomic E-state index is 12.8. The fourth-order valence-corrected chi connectivity index (χ4v) is 6.16. The van der Waals surface area contributed by atoms with Crippen LogP contribution in [0.15, 0.2) is 47.5 Å². The van der Waals surface area contributed by atoms with Gasteiger partial charge in [0, 0.05) is 30.6 Å². The molecule has 9 heteroatoms. The zero-order chi connectivity index (χ0) is 22.2. The summed E-state index contributed by atoms with van der Waals surface area (Å²) in [4.78, 5) is 37.1. The zero-order valence-electron chi connectivity index (χ0n) is 18.7. The molecule has 2 heterocycles. The summed E-state index contributed by atoms with van der Waals surface area (Å²) >= 11 is 1.67. The first-order valence-electron chi connectivity index (χ1n) is 11.1. The highest BCUT2D eigenvalue weighted by Crippen LogP contribution is 2.52. The van der Waals surface area contributed by atoms with Gasteiger partial charge < -0.3 is 10.6 Å². The Morgan fingerprint density at radius 2 is 1.79 bits per heavy atom. The number of hydrogen-bond acceptors (Lipinski definition) is 5. The quantitative estimate of drug-likeness (QED) is 0.181. The summed E-state index contributed by atoms with van der Waals surface area (Å²) < 4.78 is 0. The van der Waals surface area contributed by atoms with Gasteiger partial charge in [-0.05, 0) is 25.2 Å². The van der Waals surface area contributed by atoms with Crippen LogP contribution in [-0.4, -0.2) is 47.8 Å². The van der Waals surface area contributed by atoms with Gasteiger partial charge in [0.05, 0.1) is 24.1 Å². The fraction of sp³-hybridized carbons (Fsp3) is 0.417. The molecule has 2 aliphatic carbocycles. The number of aromatic nitrogens is 1. The van der Waals surface area contributed by atoms with E-state index in [1.54, 1.807) is 18.4 Å². The number of allylic oxidation sites excluding steroid dienone is 2. The van der Waals surface area contributed by atoms with Crippen LogP contribution in [0.2, 0.25) is 0 Å². The van der Waals surface area contributed by atoms with E-state index in [2.05, 4.69) is 39.9 Å². The molecule has 2 fully saturated rings. The minimum atomic E-state index is -0.136. The summed E-state index contributed by atoms with van der Waals surface area (Å²) in [6, 6.07) is 10.2. The Hall–Kier alpha value is -2.27. The molecule has 0 radical (unpaired) electrons. The summed E-state index contributed by atoms with van der Waals surface area (Å²) in [5.74, 6) is 0.853. The van der Waals surface area contributed by atoms with Crippen molar-refractivity contribution in [3.05, 3.63) is 53.1 Å². The van der Waals surface area contributed by atoms with Crippen molar-refractivity contribution in [3.8, 4) is 10.6 Å². The van der Waals surface area contributed by atoms with Crippen LogP contribution in [0.25, 0.3) is 10.6 Å². The van der Waals surface area contributed by atoms with E-state index >= 15 is 0 Å². The molecule has 33 heavy (non-hydrogen) atoms. The van der Waals surface area contributed by atoms with Gasteiger partial charge in [0.1, 0.15) is 5.01 Å². The van der Waals surface area contributed by atoms with Gasteiger partial charge in [0.25, 0.3) is 0 Å². The van der Waals surface area contributed by atoms with E-state index < -0.39 is 0 Å². The Morgan fingerprint density at radius 1 is 1.12 bits per heavy atom.